The van der Waals surface area contributed by atoms with Gasteiger partial charge in [0.25, 0.3) is 11.8 Å². The van der Waals surface area contributed by atoms with E-state index in [2.05, 4.69) is 15.8 Å². The van der Waals surface area contributed by atoms with Gasteiger partial charge in [-0.1, -0.05) is 120 Å². The molecule has 20 nitrogen and oxygen atoms in total. The summed E-state index contributed by atoms with van der Waals surface area (Å²) in [6.45, 7) is 14.0. The number of benzene rings is 5. The lowest BCUT2D eigenvalue weighted by Crippen LogP contribution is -2.71. The number of esters is 2. The Kier molecular flexibility index (Phi) is 20.4. The first-order valence-electron chi connectivity index (χ1n) is 28.0. The Labute approximate surface area is 540 Å². The van der Waals surface area contributed by atoms with Gasteiger partial charge in [0, 0.05) is 28.3 Å². The topological polar surface area (TPSA) is 246 Å². The molecule has 2 atom stereocenters. The average molecular weight is 1320 g/mol. The molecule has 2 aliphatic heterocycles. The number of thiazole rings is 1. The fourth-order valence-electron chi connectivity index (χ4n) is 9.34. The fourth-order valence-corrected chi connectivity index (χ4v) is 14.1. The van der Waals surface area contributed by atoms with Gasteiger partial charge in [-0.2, -0.15) is 0 Å². The molecule has 1 saturated heterocycles. The van der Waals surface area contributed by atoms with Crippen LogP contribution in [0.15, 0.2) is 158 Å². The summed E-state index contributed by atoms with van der Waals surface area (Å²) in [6, 6.07) is 37.7. The summed E-state index contributed by atoms with van der Waals surface area (Å²) in [5.41, 5.74) is -0.966. The van der Waals surface area contributed by atoms with Gasteiger partial charge in [-0.15, -0.1) is 46.2 Å². The lowest BCUT2D eigenvalue weighted by Gasteiger charge is -2.49. The Hall–Kier alpha value is -8.42. The van der Waals surface area contributed by atoms with E-state index >= 15 is 0 Å². The zero-order valence-corrected chi connectivity index (χ0v) is 54.7. The number of amides is 2. The van der Waals surface area contributed by atoms with Gasteiger partial charge >= 0.3 is 24.2 Å². The number of methoxy groups -OCH3 is 1. The number of oxime groups is 1. The van der Waals surface area contributed by atoms with Crippen molar-refractivity contribution in [2.75, 3.05) is 30.5 Å². The number of nitrogens with one attached hydrogen (secondary N) is 2. The van der Waals surface area contributed by atoms with Gasteiger partial charge in [0.1, 0.15) is 62.5 Å². The van der Waals surface area contributed by atoms with E-state index in [1.807, 2.05) is 91.0 Å². The minimum Gasteiger partial charge on any atom is -0.497 e. The number of thioether (sulfide) groups is 2. The number of carbonyl (C=O) groups excluding carboxylic acids is 6. The molecule has 2 N–H and O–H groups in total. The maximum atomic E-state index is 14.8. The summed E-state index contributed by atoms with van der Waals surface area (Å²) >= 11 is 11.6. The van der Waals surface area contributed by atoms with Gasteiger partial charge < -0.3 is 48.6 Å². The first-order valence-corrected chi connectivity index (χ1v) is 32.2. The van der Waals surface area contributed by atoms with Gasteiger partial charge in [0.05, 0.1) is 16.0 Å². The fraction of sp³-hybridized carbons (Fsp3) is 0.308. The number of fused-ring (bicyclic) bond motifs is 2. The second kappa shape index (κ2) is 27.8. The molecule has 0 saturated carbocycles. The standard InChI is InChI=1S/C65H64ClN5O15S4/c1-62(2,3)84-47(73)33-81-70-50(44-36-89-59(67-44)69-65(39-20-14-11-15-21-39,40-22-16-12-17-23-40)41-24-18-13-19-25-41)55(74)68-51-56(75)71-52(58(76)80-32-37-26-28-42(79-10)29-27-37)38(35-88-57(51)71)34-87-48-31-45(72)43-30-46(82-60(77)85-63(4,5)6)53(49(66)54(43)90-48)83-61(78)86-64(7,8)9/h11-31,36,51,57H,32-35H2,1-10H3,(H,67,69)(H,68,74)/b70-50-/t51?,57-/m0/s1. The third-order valence-electron chi connectivity index (χ3n) is 13.1. The van der Waals surface area contributed by atoms with Crippen LogP contribution in [-0.4, -0.2) is 105 Å². The number of nitrogens with zero attached hydrogens (tertiary/aromatic N) is 3. The Balaban J connectivity index is 1.02. The Morgan fingerprint density at radius 2 is 1.33 bits per heavy atom. The Morgan fingerprint density at radius 3 is 1.90 bits per heavy atom. The molecule has 25 heteroatoms. The highest BCUT2D eigenvalue weighted by Crippen LogP contribution is 2.47. The van der Waals surface area contributed by atoms with Crippen LogP contribution < -0.4 is 30.3 Å². The maximum absolute atomic E-state index is 14.8. The van der Waals surface area contributed by atoms with E-state index in [1.165, 1.54) is 47.2 Å². The smallest absolute Gasteiger partial charge is 0.497 e. The van der Waals surface area contributed by atoms with E-state index < -0.39 is 87.6 Å². The number of anilines is 1. The number of carbonyl (C=O) groups is 6. The minimum absolute atomic E-state index is 0.0210. The molecule has 7 aromatic rings. The third-order valence-corrected chi connectivity index (χ3v) is 18.1. The van der Waals surface area contributed by atoms with Crippen LogP contribution in [0.1, 0.15) is 90.3 Å². The molecule has 1 unspecified atom stereocenters. The SMILES string of the molecule is COc1ccc(COC(=O)C2=C(CSc3cc(=O)c4cc(OC(=O)OC(C)(C)C)c(OC(=O)OC(C)(C)C)c(Cl)c4s3)CS[C@H]3C(NC(=O)/C(=N\OCC(=O)OC(C)(C)C)c4csc(NC(c5ccccc5)(c5ccccc5)c5ccccc5)n4)C(=O)N23)cc1. The second-order valence-corrected chi connectivity index (χ2v) is 28.0. The van der Waals surface area contributed by atoms with Crippen LogP contribution in [0, 0.1) is 0 Å². The number of aromatic nitrogens is 1. The van der Waals surface area contributed by atoms with E-state index in [0.29, 0.717) is 26.2 Å². The zero-order valence-electron chi connectivity index (χ0n) is 50.7. The molecule has 0 spiro atoms. The van der Waals surface area contributed by atoms with Gasteiger partial charge in [0.15, 0.2) is 27.8 Å². The number of rotatable bonds is 20. The predicted molar refractivity (Wildman–Crippen MR) is 346 cm³/mol. The molecule has 4 heterocycles. The number of halogens is 1. The van der Waals surface area contributed by atoms with Crippen LogP contribution in [0.25, 0.3) is 10.1 Å². The third kappa shape index (κ3) is 15.9. The maximum Gasteiger partial charge on any atom is 0.514 e. The van der Waals surface area contributed by atoms with E-state index in [4.69, 9.17) is 54.6 Å². The first-order chi connectivity index (χ1) is 42.7. The number of hydrogen-bond acceptors (Lipinski definition) is 22. The summed E-state index contributed by atoms with van der Waals surface area (Å²) < 4.78 is 38.9. The van der Waals surface area contributed by atoms with Crippen molar-refractivity contribution < 1.29 is 66.8 Å². The molecule has 2 aromatic heterocycles. The molecule has 470 valence electrons. The van der Waals surface area contributed by atoms with E-state index in [-0.39, 0.29) is 56.1 Å². The molecule has 90 heavy (non-hydrogen) atoms. The minimum atomic E-state index is -1.22. The highest BCUT2D eigenvalue weighted by molar-refractivity contribution is 8.02. The lowest BCUT2D eigenvalue weighted by atomic mass is 9.77. The van der Waals surface area contributed by atoms with Crippen molar-refractivity contribution >= 4 is 115 Å². The molecule has 0 radical (unpaired) electrons. The summed E-state index contributed by atoms with van der Waals surface area (Å²) in [5.74, 6) is -3.13. The van der Waals surface area contributed by atoms with Crippen LogP contribution in [0.4, 0.5) is 14.7 Å². The van der Waals surface area contributed by atoms with Crippen LogP contribution in [0.2, 0.25) is 5.02 Å². The molecule has 2 amide bonds. The molecule has 9 rings (SSSR count). The van der Waals surface area contributed by atoms with Crippen molar-refractivity contribution in [2.24, 2.45) is 5.16 Å². The van der Waals surface area contributed by atoms with Crippen LogP contribution in [0.5, 0.6) is 17.2 Å². The highest BCUT2D eigenvalue weighted by atomic mass is 35.5. The highest BCUT2D eigenvalue weighted by Gasteiger charge is 2.55. The summed E-state index contributed by atoms with van der Waals surface area (Å²) in [5, 5.41) is 11.6. The lowest BCUT2D eigenvalue weighted by molar-refractivity contribution is -0.160. The first kappa shape index (κ1) is 66.0. The van der Waals surface area contributed by atoms with Crippen LogP contribution >= 0.6 is 57.8 Å². The molecule has 2 aliphatic rings. The zero-order chi connectivity index (χ0) is 64.7. The van der Waals surface area contributed by atoms with Crippen molar-refractivity contribution in [2.45, 2.75) is 107 Å². The van der Waals surface area contributed by atoms with E-state index in [1.54, 1.807) is 92.0 Å². The molecule has 0 bridgehead atoms. The van der Waals surface area contributed by atoms with Crippen LogP contribution in [0.3, 0.4) is 0 Å². The summed E-state index contributed by atoms with van der Waals surface area (Å²) in [4.78, 5) is 109. The van der Waals surface area contributed by atoms with Crippen molar-refractivity contribution in [3.63, 3.8) is 0 Å². The molecular weight excluding hydrogens is 1250 g/mol. The molecular formula is C65H64ClN5O15S4. The molecule has 5 aromatic carbocycles. The van der Waals surface area contributed by atoms with Gasteiger partial charge in [0.2, 0.25) is 6.61 Å². The van der Waals surface area contributed by atoms with Gasteiger partial charge in [-0.3, -0.25) is 19.3 Å². The normalized spacial score (nSPS) is 15.2. The van der Waals surface area contributed by atoms with E-state index in [0.717, 1.165) is 39.8 Å². The Bertz CT molecular complexity index is 3860. The largest absolute Gasteiger partial charge is 0.514 e. The summed E-state index contributed by atoms with van der Waals surface area (Å²) in [6.07, 6.45) is -2.32. The van der Waals surface area contributed by atoms with Crippen molar-refractivity contribution in [1.29, 1.82) is 0 Å². The van der Waals surface area contributed by atoms with Crippen molar-refractivity contribution in [1.82, 2.24) is 15.2 Å². The molecule has 0 aliphatic carbocycles. The van der Waals surface area contributed by atoms with Crippen LogP contribution in [-0.2, 0) is 55.1 Å². The quantitative estimate of drug-likeness (QED) is 0.0105. The van der Waals surface area contributed by atoms with E-state index in [9.17, 15) is 33.6 Å². The number of β-lactam (4-membered cyclic amide) rings is 1. The summed E-state index contributed by atoms with van der Waals surface area (Å²) in [7, 11) is 1.53. The van der Waals surface area contributed by atoms with Crippen molar-refractivity contribution in [3.8, 4) is 17.2 Å². The molecule has 1 fully saturated rings. The second-order valence-electron chi connectivity index (χ2n) is 23.3. The number of hydrogen-bond donors (Lipinski definition) is 2. The van der Waals surface area contributed by atoms with Gasteiger partial charge in [-0.05, 0) is 108 Å². The average Bonchev–Trinajstić information content (AvgIpc) is 0.880. The van der Waals surface area contributed by atoms with Crippen molar-refractivity contribution in [3.05, 3.63) is 187 Å². The monoisotopic (exact) mass is 1320 g/mol. The number of ether oxygens (including phenoxy) is 7. The van der Waals surface area contributed by atoms with Gasteiger partial charge in [-0.25, -0.2) is 24.2 Å². The Morgan fingerprint density at radius 1 is 0.756 bits per heavy atom. The predicted octanol–water partition coefficient (Wildman–Crippen LogP) is 12.7.